The average molecular weight is 347 g/mol. The smallest absolute Gasteiger partial charge is 0.340 e. The number of benzene rings is 2. The van der Waals surface area contributed by atoms with E-state index in [9.17, 15) is 9.18 Å². The number of carbonyl (C=O) groups excluding carboxylic acids is 1. The molecule has 4 aromatic rings. The Morgan fingerprint density at radius 3 is 2.62 bits per heavy atom. The maximum atomic E-state index is 13.8. The molecule has 0 aliphatic carbocycles. The number of carbonyl (C=O) groups is 1. The number of nitrogens with one attached hydrogen (secondary N) is 1. The summed E-state index contributed by atoms with van der Waals surface area (Å²) in [5.41, 5.74) is 3.52. The predicted octanol–water partition coefficient (Wildman–Crippen LogP) is 4.22. The molecular formula is C20H14FN3O2. The predicted molar refractivity (Wildman–Crippen MR) is 96.1 cm³/mol. The highest BCUT2D eigenvalue weighted by atomic mass is 19.1. The third kappa shape index (κ3) is 2.71. The lowest BCUT2D eigenvalue weighted by Crippen LogP contribution is -2.04. The van der Waals surface area contributed by atoms with Crippen LogP contribution in [0.15, 0.2) is 60.7 Å². The monoisotopic (exact) mass is 347 g/mol. The molecule has 0 spiro atoms. The van der Waals surface area contributed by atoms with Crippen LogP contribution in [0.3, 0.4) is 0 Å². The van der Waals surface area contributed by atoms with Crippen molar-refractivity contribution in [3.05, 3.63) is 72.0 Å². The molecule has 0 saturated heterocycles. The van der Waals surface area contributed by atoms with Crippen molar-refractivity contribution < 1.29 is 13.9 Å². The summed E-state index contributed by atoms with van der Waals surface area (Å²) in [5, 5.41) is 8.17. The van der Waals surface area contributed by atoms with E-state index in [0.717, 1.165) is 16.6 Å². The van der Waals surface area contributed by atoms with E-state index >= 15 is 0 Å². The lowest BCUT2D eigenvalue weighted by Gasteiger charge is -2.05. The number of nitrogens with zero attached hydrogens (tertiary/aromatic N) is 2. The standard InChI is InChI=1S/C20H14FN3O2/c1-26-20(25)15-11-13(7-9-16(15)21)17-10-8-14-18(23-24-19(14)22-17)12-5-3-2-4-6-12/h2-11H,1H3,(H,22,23,24). The van der Waals surface area contributed by atoms with Gasteiger partial charge in [-0.2, -0.15) is 5.10 Å². The zero-order chi connectivity index (χ0) is 18.1. The summed E-state index contributed by atoms with van der Waals surface area (Å²) in [6, 6.07) is 17.8. The Kier molecular flexibility index (Phi) is 3.93. The van der Waals surface area contributed by atoms with Crippen molar-refractivity contribution in [2.45, 2.75) is 0 Å². The van der Waals surface area contributed by atoms with Gasteiger partial charge in [0.2, 0.25) is 0 Å². The Morgan fingerprint density at radius 1 is 1.04 bits per heavy atom. The highest BCUT2D eigenvalue weighted by Crippen LogP contribution is 2.28. The number of halogens is 1. The first kappa shape index (κ1) is 16.0. The number of methoxy groups -OCH3 is 1. The summed E-state index contributed by atoms with van der Waals surface area (Å²) in [6.07, 6.45) is 0. The summed E-state index contributed by atoms with van der Waals surface area (Å²) in [6.45, 7) is 0. The van der Waals surface area contributed by atoms with Gasteiger partial charge < -0.3 is 4.74 Å². The molecule has 26 heavy (non-hydrogen) atoms. The fraction of sp³-hybridized carbons (Fsp3) is 0.0500. The van der Waals surface area contributed by atoms with E-state index in [1.807, 2.05) is 42.5 Å². The van der Waals surface area contributed by atoms with Crippen LogP contribution in [0.2, 0.25) is 0 Å². The number of hydrogen-bond donors (Lipinski definition) is 1. The van der Waals surface area contributed by atoms with Gasteiger partial charge >= 0.3 is 5.97 Å². The van der Waals surface area contributed by atoms with Crippen LogP contribution in [0.5, 0.6) is 0 Å². The number of ether oxygens (including phenoxy) is 1. The number of aromatic nitrogens is 3. The first-order valence-electron chi connectivity index (χ1n) is 7.96. The van der Waals surface area contributed by atoms with Crippen molar-refractivity contribution in [2.24, 2.45) is 0 Å². The van der Waals surface area contributed by atoms with Crippen LogP contribution in [0.4, 0.5) is 4.39 Å². The van der Waals surface area contributed by atoms with E-state index in [1.165, 1.54) is 19.2 Å². The molecule has 0 fully saturated rings. The van der Waals surface area contributed by atoms with Crippen molar-refractivity contribution in [1.29, 1.82) is 0 Å². The zero-order valence-electron chi connectivity index (χ0n) is 13.9. The van der Waals surface area contributed by atoms with E-state index < -0.39 is 11.8 Å². The first-order valence-corrected chi connectivity index (χ1v) is 7.96. The SMILES string of the molecule is COC(=O)c1cc(-c2ccc3c(-c4ccccc4)[nH]nc3n2)ccc1F. The highest BCUT2D eigenvalue weighted by Gasteiger charge is 2.15. The van der Waals surface area contributed by atoms with Crippen LogP contribution in [0.1, 0.15) is 10.4 Å². The first-order chi connectivity index (χ1) is 12.7. The third-order valence-corrected chi connectivity index (χ3v) is 4.15. The molecule has 128 valence electrons. The Labute approximate surface area is 148 Å². The minimum atomic E-state index is -0.725. The molecule has 0 saturated carbocycles. The third-order valence-electron chi connectivity index (χ3n) is 4.15. The maximum absolute atomic E-state index is 13.8. The quantitative estimate of drug-likeness (QED) is 0.564. The van der Waals surface area contributed by atoms with Crippen LogP contribution < -0.4 is 0 Å². The molecule has 0 amide bonds. The Morgan fingerprint density at radius 2 is 1.85 bits per heavy atom. The highest BCUT2D eigenvalue weighted by molar-refractivity contribution is 5.93. The van der Waals surface area contributed by atoms with Crippen LogP contribution in [-0.2, 0) is 4.74 Å². The second-order valence-electron chi connectivity index (χ2n) is 5.72. The molecule has 2 heterocycles. The van der Waals surface area contributed by atoms with Crippen LogP contribution in [0, 0.1) is 5.82 Å². The number of esters is 1. The fourth-order valence-electron chi connectivity index (χ4n) is 2.83. The second kappa shape index (κ2) is 6.40. The Bertz CT molecular complexity index is 1110. The van der Waals surface area contributed by atoms with E-state index in [0.29, 0.717) is 16.9 Å². The molecular weight excluding hydrogens is 333 g/mol. The number of pyridine rings is 1. The summed E-state index contributed by atoms with van der Waals surface area (Å²) in [4.78, 5) is 16.2. The lowest BCUT2D eigenvalue weighted by atomic mass is 10.1. The molecule has 4 rings (SSSR count). The number of hydrogen-bond acceptors (Lipinski definition) is 4. The minimum Gasteiger partial charge on any atom is -0.465 e. The van der Waals surface area contributed by atoms with Gasteiger partial charge in [-0.15, -0.1) is 0 Å². The van der Waals surface area contributed by atoms with E-state index in [2.05, 4.69) is 19.9 Å². The van der Waals surface area contributed by atoms with Gasteiger partial charge in [0.05, 0.1) is 24.1 Å². The fourth-order valence-corrected chi connectivity index (χ4v) is 2.83. The van der Waals surface area contributed by atoms with E-state index in [4.69, 9.17) is 0 Å². The summed E-state index contributed by atoms with van der Waals surface area (Å²) >= 11 is 0. The topological polar surface area (TPSA) is 67.9 Å². The molecule has 5 nitrogen and oxygen atoms in total. The molecule has 2 aromatic heterocycles. The lowest BCUT2D eigenvalue weighted by molar-refractivity contribution is 0.0595. The molecule has 0 aliphatic heterocycles. The molecule has 0 radical (unpaired) electrons. The van der Waals surface area contributed by atoms with Gasteiger partial charge in [-0.1, -0.05) is 30.3 Å². The molecule has 2 aromatic carbocycles. The second-order valence-corrected chi connectivity index (χ2v) is 5.72. The Hall–Kier alpha value is -3.54. The summed E-state index contributed by atoms with van der Waals surface area (Å²) < 4.78 is 18.4. The Balaban J connectivity index is 1.79. The van der Waals surface area contributed by atoms with E-state index in [1.54, 1.807) is 6.07 Å². The van der Waals surface area contributed by atoms with Crippen LogP contribution in [0.25, 0.3) is 33.5 Å². The van der Waals surface area contributed by atoms with Crippen molar-refractivity contribution in [2.75, 3.05) is 7.11 Å². The normalized spacial score (nSPS) is 10.8. The number of H-pyrrole nitrogens is 1. The molecule has 0 bridgehead atoms. The molecule has 0 unspecified atom stereocenters. The van der Waals surface area contributed by atoms with Crippen molar-refractivity contribution in [3.8, 4) is 22.5 Å². The number of aromatic amines is 1. The van der Waals surface area contributed by atoms with Crippen LogP contribution >= 0.6 is 0 Å². The van der Waals surface area contributed by atoms with Gasteiger partial charge in [-0.05, 0) is 30.3 Å². The molecule has 0 atom stereocenters. The van der Waals surface area contributed by atoms with Crippen molar-refractivity contribution >= 4 is 17.0 Å². The van der Waals surface area contributed by atoms with Gasteiger partial charge in [-0.3, -0.25) is 5.10 Å². The van der Waals surface area contributed by atoms with Crippen molar-refractivity contribution in [3.63, 3.8) is 0 Å². The molecule has 0 aliphatic rings. The van der Waals surface area contributed by atoms with E-state index in [-0.39, 0.29) is 5.56 Å². The van der Waals surface area contributed by atoms with Gasteiger partial charge in [0, 0.05) is 16.5 Å². The number of rotatable bonds is 3. The minimum absolute atomic E-state index is 0.126. The van der Waals surface area contributed by atoms with Gasteiger partial charge in [-0.25, -0.2) is 14.2 Å². The van der Waals surface area contributed by atoms with Gasteiger partial charge in [0.15, 0.2) is 5.65 Å². The van der Waals surface area contributed by atoms with Crippen molar-refractivity contribution in [1.82, 2.24) is 15.2 Å². The average Bonchev–Trinajstić information content (AvgIpc) is 3.11. The molecule has 6 heteroatoms. The summed E-state index contributed by atoms with van der Waals surface area (Å²) in [7, 11) is 1.22. The summed E-state index contributed by atoms with van der Waals surface area (Å²) in [5.74, 6) is -1.36. The zero-order valence-corrected chi connectivity index (χ0v) is 13.9. The van der Waals surface area contributed by atoms with Gasteiger partial charge in [0.25, 0.3) is 0 Å². The van der Waals surface area contributed by atoms with Crippen LogP contribution in [-0.4, -0.2) is 28.3 Å². The molecule has 1 N–H and O–H groups in total. The number of fused-ring (bicyclic) bond motifs is 1. The van der Waals surface area contributed by atoms with Gasteiger partial charge in [0.1, 0.15) is 5.82 Å². The maximum Gasteiger partial charge on any atom is 0.340 e. The largest absolute Gasteiger partial charge is 0.465 e.